The van der Waals surface area contributed by atoms with E-state index in [9.17, 15) is 9.90 Å². The highest BCUT2D eigenvalue weighted by atomic mass is 16.3. The summed E-state index contributed by atoms with van der Waals surface area (Å²) in [5, 5.41) is 12.8. The van der Waals surface area contributed by atoms with Gasteiger partial charge in [-0.05, 0) is 24.6 Å². The van der Waals surface area contributed by atoms with Gasteiger partial charge in [0.1, 0.15) is 0 Å². The molecule has 3 aromatic carbocycles. The van der Waals surface area contributed by atoms with Gasteiger partial charge in [-0.3, -0.25) is 4.79 Å². The van der Waals surface area contributed by atoms with E-state index in [2.05, 4.69) is 4.98 Å². The summed E-state index contributed by atoms with van der Waals surface area (Å²) >= 11 is 0. The van der Waals surface area contributed by atoms with Crippen molar-refractivity contribution < 1.29 is 9.90 Å². The number of aromatic nitrogens is 1. The van der Waals surface area contributed by atoms with Crippen molar-refractivity contribution in [2.24, 2.45) is 0 Å². The summed E-state index contributed by atoms with van der Waals surface area (Å²) < 4.78 is 0. The minimum Gasteiger partial charge on any atom is -0.372 e. The van der Waals surface area contributed by atoms with Crippen molar-refractivity contribution >= 4 is 28.6 Å². The third-order valence-corrected chi connectivity index (χ3v) is 5.79. The van der Waals surface area contributed by atoms with Crippen LogP contribution in [0.4, 0.5) is 5.69 Å². The van der Waals surface area contributed by atoms with E-state index in [1.807, 2.05) is 97.9 Å². The van der Waals surface area contributed by atoms with Crippen LogP contribution in [-0.4, -0.2) is 22.5 Å². The van der Waals surface area contributed by atoms with Crippen LogP contribution < -0.4 is 4.90 Å². The fraction of sp³-hybridized carbons (Fsp3) is 0.115. The highest BCUT2D eigenvalue weighted by molar-refractivity contribution is 6.11. The molecular weight excluding hydrogens is 372 g/mol. The smallest absolute Gasteiger partial charge is 0.268 e. The van der Waals surface area contributed by atoms with Gasteiger partial charge in [0.2, 0.25) is 0 Å². The highest BCUT2D eigenvalue weighted by Crippen LogP contribution is 2.47. The van der Waals surface area contributed by atoms with Crippen LogP contribution in [0.3, 0.4) is 0 Å². The summed E-state index contributed by atoms with van der Waals surface area (Å²) in [7, 11) is 0. The first-order valence-corrected chi connectivity index (χ1v) is 10.0. The molecule has 1 aliphatic rings. The van der Waals surface area contributed by atoms with Gasteiger partial charge in [-0.1, -0.05) is 78.9 Å². The van der Waals surface area contributed by atoms with Crippen LogP contribution in [-0.2, 0) is 10.4 Å². The molecule has 0 spiro atoms. The molecule has 0 radical (unpaired) electrons. The Labute approximate surface area is 175 Å². The Hall–Kier alpha value is -3.63. The monoisotopic (exact) mass is 394 g/mol. The van der Waals surface area contributed by atoms with Gasteiger partial charge in [-0.25, -0.2) is 0 Å². The number of hydrogen-bond donors (Lipinski definition) is 2. The molecule has 5 rings (SSSR count). The Morgan fingerprint density at radius 1 is 0.967 bits per heavy atom. The molecule has 0 saturated carbocycles. The van der Waals surface area contributed by atoms with E-state index in [0.29, 0.717) is 17.7 Å². The second-order valence-corrected chi connectivity index (χ2v) is 7.63. The Kier molecular flexibility index (Phi) is 4.30. The number of para-hydroxylation sites is 2. The molecule has 2 heterocycles. The average Bonchev–Trinajstić information content (AvgIpc) is 3.22. The first kappa shape index (κ1) is 18.4. The summed E-state index contributed by atoms with van der Waals surface area (Å²) in [6.07, 6.45) is 3.95. The lowest BCUT2D eigenvalue weighted by molar-refractivity contribution is -0.132. The van der Waals surface area contributed by atoms with Crippen LogP contribution in [0, 0.1) is 6.92 Å². The van der Waals surface area contributed by atoms with Crippen molar-refractivity contribution in [3.05, 3.63) is 107 Å². The lowest BCUT2D eigenvalue weighted by atomic mass is 9.85. The van der Waals surface area contributed by atoms with E-state index in [0.717, 1.165) is 27.8 Å². The number of benzene rings is 3. The molecule has 1 atom stereocenters. The van der Waals surface area contributed by atoms with Gasteiger partial charge in [0.15, 0.2) is 5.60 Å². The van der Waals surface area contributed by atoms with E-state index in [-0.39, 0.29) is 5.91 Å². The van der Waals surface area contributed by atoms with Crippen LogP contribution in [0.5, 0.6) is 0 Å². The van der Waals surface area contributed by atoms with Crippen molar-refractivity contribution in [3.63, 3.8) is 0 Å². The number of rotatable bonds is 4. The van der Waals surface area contributed by atoms with Crippen LogP contribution in [0.2, 0.25) is 0 Å². The van der Waals surface area contributed by atoms with Crippen molar-refractivity contribution in [2.45, 2.75) is 12.5 Å². The number of amides is 1. The maximum Gasteiger partial charge on any atom is 0.268 e. The number of aliphatic hydroxyl groups is 1. The van der Waals surface area contributed by atoms with E-state index >= 15 is 0 Å². The third kappa shape index (κ3) is 2.69. The first-order chi connectivity index (χ1) is 14.6. The second-order valence-electron chi connectivity index (χ2n) is 7.63. The molecule has 0 saturated heterocycles. The SMILES string of the molecule is Cc1[nH]c2ccccc2c1[C@]1(O)C(=O)N(C/C=C/c2ccccc2)c2ccccc21. The number of carbonyl (C=O) groups excluding carboxylic acids is 1. The number of aromatic amines is 1. The zero-order valence-electron chi connectivity index (χ0n) is 16.7. The molecule has 4 aromatic rings. The van der Waals surface area contributed by atoms with Crippen molar-refractivity contribution in [1.82, 2.24) is 4.98 Å². The molecule has 1 aliphatic heterocycles. The number of nitrogens with zero attached hydrogens (tertiary/aromatic N) is 1. The number of H-pyrrole nitrogens is 1. The summed E-state index contributed by atoms with van der Waals surface area (Å²) in [5.41, 5.74) is 3.05. The van der Waals surface area contributed by atoms with E-state index in [1.54, 1.807) is 4.90 Å². The van der Waals surface area contributed by atoms with Gasteiger partial charge in [0.05, 0.1) is 5.69 Å². The fourth-order valence-corrected chi connectivity index (χ4v) is 4.46. The van der Waals surface area contributed by atoms with E-state index in [4.69, 9.17) is 0 Å². The molecule has 1 amide bonds. The number of anilines is 1. The predicted octanol–water partition coefficient (Wildman–Crippen LogP) is 4.77. The first-order valence-electron chi connectivity index (χ1n) is 10.0. The molecule has 0 unspecified atom stereocenters. The number of fused-ring (bicyclic) bond motifs is 2. The quantitative estimate of drug-likeness (QED) is 0.524. The fourth-order valence-electron chi connectivity index (χ4n) is 4.46. The van der Waals surface area contributed by atoms with Gasteiger partial charge >= 0.3 is 0 Å². The predicted molar refractivity (Wildman–Crippen MR) is 120 cm³/mol. The molecule has 1 aromatic heterocycles. The number of carbonyl (C=O) groups is 1. The van der Waals surface area contributed by atoms with Crippen LogP contribution in [0.25, 0.3) is 17.0 Å². The zero-order chi connectivity index (χ0) is 20.7. The summed E-state index contributed by atoms with van der Waals surface area (Å²) in [6, 6.07) is 25.2. The maximum absolute atomic E-state index is 13.6. The van der Waals surface area contributed by atoms with Crippen molar-refractivity contribution in [3.8, 4) is 0 Å². The van der Waals surface area contributed by atoms with Gasteiger partial charge in [-0.15, -0.1) is 0 Å². The standard InChI is InChI=1S/C26H22N2O2/c1-18-24(20-13-5-7-15-22(20)27-18)26(30)21-14-6-8-16-23(21)28(25(26)29)17-9-12-19-10-3-2-4-11-19/h2-16,27,30H,17H2,1H3/b12-9+/t26-/m0/s1. The van der Waals surface area contributed by atoms with E-state index in [1.165, 1.54) is 0 Å². The summed E-state index contributed by atoms with van der Waals surface area (Å²) in [4.78, 5) is 18.6. The summed E-state index contributed by atoms with van der Waals surface area (Å²) in [6.45, 7) is 2.29. The van der Waals surface area contributed by atoms with Gasteiger partial charge in [-0.2, -0.15) is 0 Å². The van der Waals surface area contributed by atoms with Crippen LogP contribution in [0.1, 0.15) is 22.4 Å². The van der Waals surface area contributed by atoms with Crippen LogP contribution in [0.15, 0.2) is 84.9 Å². The Balaban J connectivity index is 1.60. The molecule has 4 nitrogen and oxygen atoms in total. The normalized spacial score (nSPS) is 18.5. The lowest BCUT2D eigenvalue weighted by Gasteiger charge is -2.23. The van der Waals surface area contributed by atoms with Gasteiger partial charge < -0.3 is 15.0 Å². The Bertz CT molecular complexity index is 1270. The summed E-state index contributed by atoms with van der Waals surface area (Å²) in [5.74, 6) is -0.325. The Morgan fingerprint density at radius 2 is 1.67 bits per heavy atom. The molecule has 4 heteroatoms. The topological polar surface area (TPSA) is 56.3 Å². The molecule has 2 N–H and O–H groups in total. The maximum atomic E-state index is 13.6. The number of aryl methyl sites for hydroxylation is 1. The minimum atomic E-state index is -1.72. The van der Waals surface area contributed by atoms with E-state index < -0.39 is 5.60 Å². The Morgan fingerprint density at radius 3 is 2.50 bits per heavy atom. The third-order valence-electron chi connectivity index (χ3n) is 5.79. The zero-order valence-corrected chi connectivity index (χ0v) is 16.7. The number of hydrogen-bond acceptors (Lipinski definition) is 2. The van der Waals surface area contributed by atoms with Crippen molar-refractivity contribution in [2.75, 3.05) is 11.4 Å². The molecule has 148 valence electrons. The average molecular weight is 394 g/mol. The molecular formula is C26H22N2O2. The van der Waals surface area contributed by atoms with Crippen LogP contribution >= 0.6 is 0 Å². The second kappa shape index (κ2) is 7.01. The lowest BCUT2D eigenvalue weighted by Crippen LogP contribution is -2.41. The van der Waals surface area contributed by atoms with Gasteiger partial charge in [0.25, 0.3) is 5.91 Å². The largest absolute Gasteiger partial charge is 0.372 e. The van der Waals surface area contributed by atoms with Gasteiger partial charge in [0, 0.05) is 34.3 Å². The number of nitrogens with one attached hydrogen (secondary N) is 1. The molecule has 30 heavy (non-hydrogen) atoms. The molecule has 0 bridgehead atoms. The minimum absolute atomic E-state index is 0.325. The van der Waals surface area contributed by atoms with Crippen molar-refractivity contribution in [1.29, 1.82) is 0 Å². The highest BCUT2D eigenvalue weighted by Gasteiger charge is 2.52. The molecule has 0 fully saturated rings. The molecule has 0 aliphatic carbocycles.